The first kappa shape index (κ1) is 12.4. The van der Waals surface area contributed by atoms with E-state index in [2.05, 4.69) is 20.9 Å². The van der Waals surface area contributed by atoms with Crippen LogP contribution in [0.1, 0.15) is 24.6 Å². The maximum absolute atomic E-state index is 11.4. The van der Waals surface area contributed by atoms with Crippen molar-refractivity contribution in [3.05, 3.63) is 40.6 Å². The van der Waals surface area contributed by atoms with Gasteiger partial charge in [0.15, 0.2) is 0 Å². The number of hydrogen-bond donors (Lipinski definition) is 1. The number of imidazole rings is 1. The highest BCUT2D eigenvalue weighted by molar-refractivity contribution is 9.10. The van der Waals surface area contributed by atoms with E-state index in [1.54, 1.807) is 0 Å². The van der Waals surface area contributed by atoms with Gasteiger partial charge in [-0.15, -0.1) is 0 Å². The van der Waals surface area contributed by atoms with E-state index in [0.29, 0.717) is 6.42 Å². The number of nitrogens with zero attached hydrogens (tertiary/aromatic N) is 2. The molecule has 0 bridgehead atoms. The summed E-state index contributed by atoms with van der Waals surface area (Å²) in [6.45, 7) is 0. The summed E-state index contributed by atoms with van der Waals surface area (Å²) < 4.78 is 2.63. The maximum atomic E-state index is 11.4. The predicted molar refractivity (Wildman–Crippen MR) is 75.0 cm³/mol. The van der Waals surface area contributed by atoms with E-state index >= 15 is 0 Å². The molecule has 1 N–H and O–H groups in total. The normalized spacial score (nSPS) is 18.1. The Kier molecular flexibility index (Phi) is 3.14. The Hall–Kier alpha value is -1.62. The highest BCUT2D eigenvalue weighted by Crippen LogP contribution is 2.35. The Morgan fingerprint density at radius 1 is 1.37 bits per heavy atom. The fourth-order valence-corrected chi connectivity index (χ4v) is 3.17. The number of aliphatic carboxylic acids is 1. The zero-order chi connectivity index (χ0) is 13.4. The van der Waals surface area contributed by atoms with Gasteiger partial charge in [0.1, 0.15) is 16.5 Å². The molecule has 5 heteroatoms. The number of aromatic nitrogens is 2. The first-order chi connectivity index (χ1) is 9.18. The number of rotatable bonds is 2. The zero-order valence-electron chi connectivity index (χ0n) is 10.2. The number of carbonyl (C=O) groups is 1. The zero-order valence-corrected chi connectivity index (χ0v) is 11.8. The number of carboxylic acid groups (broad SMARTS) is 1. The molecule has 98 valence electrons. The van der Waals surface area contributed by atoms with Crippen molar-refractivity contribution in [3.63, 3.8) is 0 Å². The van der Waals surface area contributed by atoms with Crippen molar-refractivity contribution in [1.29, 1.82) is 0 Å². The summed E-state index contributed by atoms with van der Waals surface area (Å²) >= 11 is 3.45. The van der Waals surface area contributed by atoms with Gasteiger partial charge in [0.2, 0.25) is 0 Å². The summed E-state index contributed by atoms with van der Waals surface area (Å²) in [5, 5.41) is 9.40. The Bertz CT molecular complexity index is 622. The summed E-state index contributed by atoms with van der Waals surface area (Å²) in [6.07, 6.45) is 2.41. The lowest BCUT2D eigenvalue weighted by Crippen LogP contribution is -2.25. The summed E-state index contributed by atoms with van der Waals surface area (Å²) in [5.74, 6) is -0.0578. The lowest BCUT2D eigenvalue weighted by atomic mass is 10.0. The molecule has 1 atom stereocenters. The topological polar surface area (TPSA) is 55.1 Å². The van der Waals surface area contributed by atoms with E-state index in [1.807, 2.05) is 34.9 Å². The smallest absolute Gasteiger partial charge is 0.326 e. The second-order valence-electron chi connectivity index (χ2n) is 4.66. The molecular weight excluding hydrogens is 308 g/mol. The minimum atomic E-state index is -0.789. The van der Waals surface area contributed by atoms with Gasteiger partial charge in [-0.2, -0.15) is 0 Å². The third kappa shape index (κ3) is 2.08. The van der Waals surface area contributed by atoms with Crippen LogP contribution < -0.4 is 0 Å². The van der Waals surface area contributed by atoms with Crippen LogP contribution in [0.4, 0.5) is 0 Å². The minimum Gasteiger partial charge on any atom is -0.480 e. The lowest BCUT2D eigenvalue weighted by Gasteiger charge is -2.24. The fourth-order valence-electron chi connectivity index (χ4n) is 2.61. The number of halogens is 1. The number of carboxylic acids is 1. The molecule has 1 aliphatic rings. The average Bonchev–Trinajstić information content (AvgIpc) is 2.77. The molecule has 1 unspecified atom stereocenters. The van der Waals surface area contributed by atoms with Crippen molar-refractivity contribution in [1.82, 2.24) is 9.55 Å². The number of hydrogen-bond acceptors (Lipinski definition) is 2. The largest absolute Gasteiger partial charge is 0.480 e. The van der Waals surface area contributed by atoms with Gasteiger partial charge in [-0.3, -0.25) is 0 Å². The molecule has 1 aliphatic heterocycles. The molecule has 0 spiro atoms. The molecule has 0 saturated carbocycles. The van der Waals surface area contributed by atoms with Gasteiger partial charge < -0.3 is 9.67 Å². The molecule has 3 rings (SSSR count). The number of fused-ring (bicyclic) bond motifs is 1. The molecule has 2 heterocycles. The van der Waals surface area contributed by atoms with Crippen molar-refractivity contribution in [3.8, 4) is 11.4 Å². The van der Waals surface area contributed by atoms with Crippen molar-refractivity contribution < 1.29 is 9.90 Å². The second-order valence-corrected chi connectivity index (χ2v) is 5.41. The summed E-state index contributed by atoms with van der Waals surface area (Å²) in [4.78, 5) is 16.0. The molecule has 0 aliphatic carbocycles. The molecule has 4 nitrogen and oxygen atoms in total. The first-order valence-corrected chi connectivity index (χ1v) is 7.02. The quantitative estimate of drug-likeness (QED) is 0.923. The Labute approximate surface area is 119 Å². The highest BCUT2D eigenvalue weighted by Gasteiger charge is 2.30. The lowest BCUT2D eigenvalue weighted by molar-refractivity contribution is -0.141. The maximum Gasteiger partial charge on any atom is 0.326 e. The molecular formula is C14H13BrN2O2. The molecule has 2 aromatic rings. The van der Waals surface area contributed by atoms with Crippen LogP contribution in [0.25, 0.3) is 11.4 Å². The highest BCUT2D eigenvalue weighted by atomic mass is 79.9. The summed E-state index contributed by atoms with van der Waals surface area (Å²) in [7, 11) is 0. The van der Waals surface area contributed by atoms with Crippen molar-refractivity contribution in [2.24, 2.45) is 0 Å². The van der Waals surface area contributed by atoms with Crippen LogP contribution >= 0.6 is 15.9 Å². The monoisotopic (exact) mass is 320 g/mol. The molecule has 0 saturated heterocycles. The van der Waals surface area contributed by atoms with Crippen LogP contribution in [0.5, 0.6) is 0 Å². The molecule has 0 fully saturated rings. The fraction of sp³-hybridized carbons (Fsp3) is 0.286. The Morgan fingerprint density at radius 3 is 2.79 bits per heavy atom. The minimum absolute atomic E-state index is 0.516. The third-order valence-corrected chi connectivity index (χ3v) is 4.12. The summed E-state index contributed by atoms with van der Waals surface area (Å²) in [6, 6.07) is 9.20. The Balaban J connectivity index is 2.20. The van der Waals surface area contributed by atoms with E-state index in [1.165, 1.54) is 0 Å². The van der Waals surface area contributed by atoms with E-state index in [4.69, 9.17) is 0 Å². The van der Waals surface area contributed by atoms with E-state index in [0.717, 1.165) is 34.5 Å². The predicted octanol–water partition coefficient (Wildman–Crippen LogP) is 3.27. The molecule has 0 amide bonds. The molecule has 19 heavy (non-hydrogen) atoms. The number of benzene rings is 1. The van der Waals surface area contributed by atoms with E-state index in [9.17, 15) is 9.90 Å². The molecule has 0 radical (unpaired) electrons. The van der Waals surface area contributed by atoms with Gasteiger partial charge in [0.05, 0.1) is 5.69 Å². The standard InChI is InChI=1S/C14H13BrN2O2/c15-12-10-7-4-8-11(14(18)19)17(10)13(16-12)9-5-2-1-3-6-9/h1-3,5-6,11H,4,7-8H2,(H,18,19). The first-order valence-electron chi connectivity index (χ1n) is 6.23. The van der Waals surface area contributed by atoms with Crippen molar-refractivity contribution in [2.75, 3.05) is 0 Å². The van der Waals surface area contributed by atoms with E-state index < -0.39 is 12.0 Å². The van der Waals surface area contributed by atoms with Gasteiger partial charge >= 0.3 is 5.97 Å². The van der Waals surface area contributed by atoms with Crippen LogP contribution in [0.3, 0.4) is 0 Å². The van der Waals surface area contributed by atoms with Crippen LogP contribution in [0.2, 0.25) is 0 Å². The van der Waals surface area contributed by atoms with Crippen molar-refractivity contribution >= 4 is 21.9 Å². The van der Waals surface area contributed by atoms with Crippen molar-refractivity contribution in [2.45, 2.75) is 25.3 Å². The third-order valence-electron chi connectivity index (χ3n) is 3.48. The van der Waals surface area contributed by atoms with Gasteiger partial charge in [-0.25, -0.2) is 9.78 Å². The van der Waals surface area contributed by atoms with Gasteiger partial charge in [-0.1, -0.05) is 30.3 Å². The van der Waals surface area contributed by atoms with Gasteiger partial charge in [-0.05, 0) is 35.2 Å². The second kappa shape index (κ2) is 4.81. The average molecular weight is 321 g/mol. The van der Waals surface area contributed by atoms with Crippen LogP contribution in [-0.2, 0) is 11.2 Å². The summed E-state index contributed by atoms with van der Waals surface area (Å²) in [5.41, 5.74) is 1.93. The molecule has 1 aromatic carbocycles. The SMILES string of the molecule is O=C(O)C1CCCc2c(Br)nc(-c3ccccc3)n21. The Morgan fingerprint density at radius 2 is 2.11 bits per heavy atom. The van der Waals surface area contributed by atoms with Crippen LogP contribution in [0, 0.1) is 0 Å². The van der Waals surface area contributed by atoms with Gasteiger partial charge in [0.25, 0.3) is 0 Å². The van der Waals surface area contributed by atoms with Crippen LogP contribution in [-0.4, -0.2) is 20.6 Å². The van der Waals surface area contributed by atoms with Gasteiger partial charge in [0, 0.05) is 5.56 Å². The molecule has 1 aromatic heterocycles. The van der Waals surface area contributed by atoms with E-state index in [-0.39, 0.29) is 0 Å². The van der Waals surface area contributed by atoms with Crippen LogP contribution in [0.15, 0.2) is 34.9 Å².